The summed E-state index contributed by atoms with van der Waals surface area (Å²) < 4.78 is 17.8. The largest absolute Gasteiger partial charge is 0.497 e. The Morgan fingerprint density at radius 2 is 1.97 bits per heavy atom. The predicted octanol–water partition coefficient (Wildman–Crippen LogP) is 3.82. The lowest BCUT2D eigenvalue weighted by atomic mass is 10.1. The number of carbonyl (C=O) groups is 1. The molecule has 0 saturated carbocycles. The highest BCUT2D eigenvalue weighted by Gasteiger charge is 2.18. The van der Waals surface area contributed by atoms with Crippen molar-refractivity contribution in [2.45, 2.75) is 11.7 Å². The summed E-state index contributed by atoms with van der Waals surface area (Å²) in [5.74, 6) is 1.88. The second kappa shape index (κ2) is 10.4. The van der Waals surface area contributed by atoms with Crippen LogP contribution in [0.15, 0.2) is 53.8 Å². The maximum Gasteiger partial charge on any atom is 0.234 e. The van der Waals surface area contributed by atoms with Gasteiger partial charge in [-0.2, -0.15) is 0 Å². The van der Waals surface area contributed by atoms with Crippen LogP contribution in [-0.4, -0.2) is 59.3 Å². The van der Waals surface area contributed by atoms with Crippen molar-refractivity contribution in [1.29, 1.82) is 0 Å². The van der Waals surface area contributed by atoms with Crippen LogP contribution in [0.3, 0.4) is 0 Å². The zero-order chi connectivity index (χ0) is 23.2. The number of anilines is 1. The van der Waals surface area contributed by atoms with E-state index in [1.165, 1.54) is 11.8 Å². The van der Waals surface area contributed by atoms with Crippen LogP contribution in [0.2, 0.25) is 0 Å². The highest BCUT2D eigenvalue weighted by molar-refractivity contribution is 7.99. The van der Waals surface area contributed by atoms with E-state index in [0.29, 0.717) is 35.5 Å². The van der Waals surface area contributed by atoms with Gasteiger partial charge < -0.3 is 24.5 Å². The summed E-state index contributed by atoms with van der Waals surface area (Å²) in [6, 6.07) is 13.3. The number of para-hydroxylation sites is 1. The SMILES string of the molecule is COCCn1c(SCC(=O)Nc2ccc(OC)cc2OC)nnc1-c1c[nH]c2ccccc12. The zero-order valence-corrected chi connectivity index (χ0v) is 19.4. The number of rotatable bonds is 10. The highest BCUT2D eigenvalue weighted by atomic mass is 32.2. The first-order chi connectivity index (χ1) is 16.1. The van der Waals surface area contributed by atoms with E-state index in [-0.39, 0.29) is 11.7 Å². The Labute approximate surface area is 195 Å². The first-order valence-electron chi connectivity index (χ1n) is 10.3. The van der Waals surface area contributed by atoms with Crippen LogP contribution in [-0.2, 0) is 16.1 Å². The van der Waals surface area contributed by atoms with Gasteiger partial charge in [-0.15, -0.1) is 10.2 Å². The van der Waals surface area contributed by atoms with Crippen molar-refractivity contribution >= 4 is 34.3 Å². The number of benzene rings is 2. The standard InChI is InChI=1S/C23H25N5O4S/c1-30-11-10-28-22(17-13-24-18-7-5-4-6-16(17)18)26-27-23(28)33-14-21(29)25-19-9-8-15(31-2)12-20(19)32-3/h4-9,12-13,24H,10-11,14H2,1-3H3,(H,25,29). The van der Waals surface area contributed by atoms with Crippen molar-refractivity contribution in [2.24, 2.45) is 0 Å². The van der Waals surface area contributed by atoms with Crippen LogP contribution in [0.5, 0.6) is 11.5 Å². The van der Waals surface area contributed by atoms with Gasteiger partial charge in [0.2, 0.25) is 5.91 Å². The van der Waals surface area contributed by atoms with Crippen LogP contribution < -0.4 is 14.8 Å². The fourth-order valence-corrected chi connectivity index (χ4v) is 4.22. The van der Waals surface area contributed by atoms with Crippen LogP contribution in [0.1, 0.15) is 0 Å². The van der Waals surface area contributed by atoms with Crippen molar-refractivity contribution in [3.63, 3.8) is 0 Å². The summed E-state index contributed by atoms with van der Waals surface area (Å²) in [7, 11) is 4.77. The molecular formula is C23H25N5O4S. The van der Waals surface area contributed by atoms with Crippen LogP contribution in [0.25, 0.3) is 22.3 Å². The van der Waals surface area contributed by atoms with Gasteiger partial charge in [0.15, 0.2) is 11.0 Å². The molecule has 0 fully saturated rings. The molecular weight excluding hydrogens is 442 g/mol. The third kappa shape index (κ3) is 4.96. The molecule has 172 valence electrons. The number of nitrogens with zero attached hydrogens (tertiary/aromatic N) is 3. The Morgan fingerprint density at radius 1 is 1.12 bits per heavy atom. The Balaban J connectivity index is 1.52. The summed E-state index contributed by atoms with van der Waals surface area (Å²) in [5.41, 5.74) is 2.55. The van der Waals surface area contributed by atoms with E-state index in [1.54, 1.807) is 39.5 Å². The number of carbonyl (C=O) groups excluding carboxylic acids is 1. The molecule has 4 rings (SSSR count). The van der Waals surface area contributed by atoms with E-state index in [4.69, 9.17) is 14.2 Å². The normalized spacial score (nSPS) is 11.0. The topological polar surface area (TPSA) is 103 Å². The van der Waals surface area contributed by atoms with E-state index in [0.717, 1.165) is 22.3 Å². The number of hydrogen-bond acceptors (Lipinski definition) is 7. The number of thioether (sulfide) groups is 1. The molecule has 0 bridgehead atoms. The van der Waals surface area contributed by atoms with E-state index in [9.17, 15) is 4.79 Å². The van der Waals surface area contributed by atoms with Crippen LogP contribution in [0, 0.1) is 0 Å². The lowest BCUT2D eigenvalue weighted by molar-refractivity contribution is -0.113. The lowest BCUT2D eigenvalue weighted by Crippen LogP contribution is -2.15. The van der Waals surface area contributed by atoms with Gasteiger partial charge in [0.25, 0.3) is 0 Å². The summed E-state index contributed by atoms with van der Waals surface area (Å²) in [4.78, 5) is 15.9. The van der Waals surface area contributed by atoms with Crippen molar-refractivity contribution < 1.29 is 19.0 Å². The van der Waals surface area contributed by atoms with Gasteiger partial charge in [-0.05, 0) is 18.2 Å². The third-order valence-electron chi connectivity index (χ3n) is 5.08. The Hall–Kier alpha value is -3.50. The number of aromatic nitrogens is 4. The van der Waals surface area contributed by atoms with E-state index < -0.39 is 0 Å². The van der Waals surface area contributed by atoms with Gasteiger partial charge in [-0.25, -0.2) is 0 Å². The lowest BCUT2D eigenvalue weighted by Gasteiger charge is -2.12. The molecule has 33 heavy (non-hydrogen) atoms. The van der Waals surface area contributed by atoms with Crippen molar-refractivity contribution in [3.8, 4) is 22.9 Å². The van der Waals surface area contributed by atoms with Gasteiger partial charge in [0.05, 0.1) is 38.8 Å². The molecule has 4 aromatic rings. The summed E-state index contributed by atoms with van der Waals surface area (Å²) >= 11 is 1.32. The average Bonchev–Trinajstić information content (AvgIpc) is 3.45. The number of H-pyrrole nitrogens is 1. The summed E-state index contributed by atoms with van der Waals surface area (Å²) in [5, 5.41) is 13.4. The minimum Gasteiger partial charge on any atom is -0.497 e. The maximum absolute atomic E-state index is 12.6. The molecule has 0 aliphatic rings. The van der Waals surface area contributed by atoms with Crippen LogP contribution in [0.4, 0.5) is 5.69 Å². The maximum atomic E-state index is 12.6. The number of fused-ring (bicyclic) bond motifs is 1. The first-order valence-corrected chi connectivity index (χ1v) is 11.3. The van der Waals surface area contributed by atoms with E-state index in [2.05, 4.69) is 20.5 Å². The first kappa shape index (κ1) is 22.7. The van der Waals surface area contributed by atoms with Gasteiger partial charge in [-0.1, -0.05) is 30.0 Å². The molecule has 9 nitrogen and oxygen atoms in total. The molecule has 0 atom stereocenters. The number of nitrogens with one attached hydrogen (secondary N) is 2. The fraction of sp³-hybridized carbons (Fsp3) is 0.261. The molecule has 2 heterocycles. The smallest absolute Gasteiger partial charge is 0.234 e. The molecule has 0 unspecified atom stereocenters. The molecule has 2 aromatic heterocycles. The molecule has 0 saturated heterocycles. The monoisotopic (exact) mass is 467 g/mol. The number of aromatic amines is 1. The quantitative estimate of drug-likeness (QED) is 0.342. The van der Waals surface area contributed by atoms with Crippen molar-refractivity contribution in [3.05, 3.63) is 48.7 Å². The molecule has 1 amide bonds. The fourth-order valence-electron chi connectivity index (χ4n) is 3.45. The molecule has 2 aromatic carbocycles. The zero-order valence-electron chi connectivity index (χ0n) is 18.6. The molecule has 10 heteroatoms. The summed E-state index contributed by atoms with van der Waals surface area (Å²) in [6.07, 6.45) is 1.93. The number of ether oxygens (including phenoxy) is 3. The van der Waals surface area contributed by atoms with Crippen molar-refractivity contribution in [2.75, 3.05) is 39.0 Å². The van der Waals surface area contributed by atoms with Gasteiger partial charge in [-0.3, -0.25) is 9.36 Å². The second-order valence-electron chi connectivity index (χ2n) is 7.10. The minimum atomic E-state index is -0.182. The number of amides is 1. The van der Waals surface area contributed by atoms with Gasteiger partial charge in [0.1, 0.15) is 11.5 Å². The minimum absolute atomic E-state index is 0.161. The average molecular weight is 468 g/mol. The van der Waals surface area contributed by atoms with Crippen molar-refractivity contribution in [1.82, 2.24) is 19.7 Å². The highest BCUT2D eigenvalue weighted by Crippen LogP contribution is 2.31. The number of hydrogen-bond donors (Lipinski definition) is 2. The summed E-state index contributed by atoms with van der Waals surface area (Å²) in [6.45, 7) is 1.06. The molecule has 2 N–H and O–H groups in total. The Morgan fingerprint density at radius 3 is 2.76 bits per heavy atom. The third-order valence-corrected chi connectivity index (χ3v) is 6.05. The Bertz CT molecular complexity index is 1250. The van der Waals surface area contributed by atoms with Gasteiger partial charge >= 0.3 is 0 Å². The molecule has 0 radical (unpaired) electrons. The van der Waals surface area contributed by atoms with Gasteiger partial charge in [0, 0.05) is 35.8 Å². The molecule has 0 spiro atoms. The predicted molar refractivity (Wildman–Crippen MR) is 128 cm³/mol. The molecule has 0 aliphatic heterocycles. The second-order valence-corrected chi connectivity index (χ2v) is 8.04. The van der Waals surface area contributed by atoms with E-state index >= 15 is 0 Å². The van der Waals surface area contributed by atoms with Crippen LogP contribution >= 0.6 is 11.8 Å². The number of methoxy groups -OCH3 is 3. The van der Waals surface area contributed by atoms with E-state index in [1.807, 2.05) is 35.0 Å². The Kier molecular flexibility index (Phi) is 7.16. The molecule has 0 aliphatic carbocycles.